The van der Waals surface area contributed by atoms with Crippen LogP contribution in [-0.2, 0) is 4.74 Å². The highest BCUT2D eigenvalue weighted by molar-refractivity contribution is 6.41. The molecule has 1 aliphatic heterocycles. The van der Waals surface area contributed by atoms with Crippen LogP contribution in [0.3, 0.4) is 0 Å². The molecule has 2 aromatic heterocycles. The molecule has 5 rings (SSSR count). The van der Waals surface area contributed by atoms with E-state index in [1.165, 1.54) is 25.7 Å². The Labute approximate surface area is 209 Å². The van der Waals surface area contributed by atoms with E-state index in [0.717, 1.165) is 29.8 Å². The van der Waals surface area contributed by atoms with Crippen molar-refractivity contribution < 1.29 is 18.9 Å². The Balaban J connectivity index is 0.000000486. The van der Waals surface area contributed by atoms with Crippen molar-refractivity contribution in [1.82, 2.24) is 9.97 Å². The number of hydrogen-bond donors (Lipinski definition) is 1. The van der Waals surface area contributed by atoms with Crippen LogP contribution >= 0.6 is 23.2 Å². The number of rotatable bonds is 7. The maximum absolute atomic E-state index is 6.59. The van der Waals surface area contributed by atoms with Gasteiger partial charge in [0, 0.05) is 48.9 Å². The molecule has 0 amide bonds. The number of aromatic nitrogens is 2. The summed E-state index contributed by atoms with van der Waals surface area (Å²) >= 11 is 13.2. The predicted octanol–water partition coefficient (Wildman–Crippen LogP) is 6.25. The molecule has 2 fully saturated rings. The van der Waals surface area contributed by atoms with E-state index in [2.05, 4.69) is 10.3 Å². The molecular weight excluding hydrogens is 477 g/mol. The van der Waals surface area contributed by atoms with Gasteiger partial charge in [0.2, 0.25) is 5.88 Å². The van der Waals surface area contributed by atoms with Gasteiger partial charge in [-0.05, 0) is 43.7 Å². The smallest absolute Gasteiger partial charge is 0.222 e. The monoisotopic (exact) mass is 505 g/mol. The highest BCUT2D eigenvalue weighted by Gasteiger charge is 2.24. The lowest BCUT2D eigenvalue weighted by Crippen LogP contribution is -2.03. The van der Waals surface area contributed by atoms with Gasteiger partial charge in [-0.25, -0.2) is 9.97 Å². The van der Waals surface area contributed by atoms with E-state index in [4.69, 9.17) is 47.1 Å². The van der Waals surface area contributed by atoms with Gasteiger partial charge in [-0.1, -0.05) is 23.2 Å². The minimum absolute atomic E-state index is 0.359. The van der Waals surface area contributed by atoms with Crippen LogP contribution in [-0.4, -0.2) is 51.1 Å². The first kappa shape index (κ1) is 24.6. The quantitative estimate of drug-likeness (QED) is 0.406. The summed E-state index contributed by atoms with van der Waals surface area (Å²) < 4.78 is 21.8. The first-order valence-electron chi connectivity index (χ1n) is 11.3. The van der Waals surface area contributed by atoms with Gasteiger partial charge in [-0.15, -0.1) is 0 Å². The summed E-state index contributed by atoms with van der Waals surface area (Å²) in [5.74, 6) is 2.76. The van der Waals surface area contributed by atoms with Gasteiger partial charge in [-0.3, -0.25) is 0 Å². The average Bonchev–Trinajstić information content (AvgIpc) is 3.48. The van der Waals surface area contributed by atoms with Crippen LogP contribution in [0.5, 0.6) is 17.4 Å². The van der Waals surface area contributed by atoms with Crippen molar-refractivity contribution in [3.63, 3.8) is 0 Å². The molecule has 0 atom stereocenters. The van der Waals surface area contributed by atoms with Gasteiger partial charge in [0.05, 0.1) is 36.6 Å². The normalized spacial score (nSPS) is 15.0. The highest BCUT2D eigenvalue weighted by Crippen LogP contribution is 2.46. The molecule has 2 aliphatic rings. The van der Waals surface area contributed by atoms with Gasteiger partial charge in [0.1, 0.15) is 17.3 Å². The Kier molecular flexibility index (Phi) is 8.19. The maximum Gasteiger partial charge on any atom is 0.222 e. The fraction of sp³-hybridized carbons (Fsp3) is 0.440. The molecule has 34 heavy (non-hydrogen) atoms. The number of anilines is 1. The number of fused-ring (bicyclic) bond motifs is 1. The van der Waals surface area contributed by atoms with E-state index in [0.29, 0.717) is 51.2 Å². The fourth-order valence-corrected chi connectivity index (χ4v) is 4.29. The zero-order valence-electron chi connectivity index (χ0n) is 19.6. The first-order chi connectivity index (χ1) is 16.5. The van der Waals surface area contributed by atoms with Crippen molar-refractivity contribution in [1.29, 1.82) is 0 Å². The molecule has 3 heterocycles. The third-order valence-corrected chi connectivity index (χ3v) is 6.50. The molecule has 1 aromatic carbocycles. The van der Waals surface area contributed by atoms with Crippen molar-refractivity contribution in [2.75, 3.05) is 46.4 Å². The fourth-order valence-electron chi connectivity index (χ4n) is 3.59. The molecule has 3 aromatic rings. The van der Waals surface area contributed by atoms with Crippen LogP contribution in [0.25, 0.3) is 22.0 Å². The number of pyridine rings is 2. The lowest BCUT2D eigenvalue weighted by molar-refractivity contribution is 0.198. The minimum Gasteiger partial charge on any atom is -0.495 e. The Morgan fingerprint density at radius 3 is 2.24 bits per heavy atom. The SMILES string of the molecule is C1CCOC1.CNc1cc2c(OCC3CC3)nc(-c3c(Cl)c(OC)cc(OC)c3Cl)cc2cn1. The van der Waals surface area contributed by atoms with E-state index in [9.17, 15) is 0 Å². The zero-order chi connectivity index (χ0) is 24.1. The molecule has 182 valence electrons. The first-order valence-corrected chi connectivity index (χ1v) is 12.1. The van der Waals surface area contributed by atoms with E-state index >= 15 is 0 Å². The van der Waals surface area contributed by atoms with Crippen LogP contribution in [0.4, 0.5) is 5.82 Å². The number of benzene rings is 1. The van der Waals surface area contributed by atoms with Gasteiger partial charge in [-0.2, -0.15) is 0 Å². The molecule has 0 spiro atoms. The summed E-state index contributed by atoms with van der Waals surface area (Å²) in [4.78, 5) is 9.17. The molecular formula is C25H29Cl2N3O4. The largest absolute Gasteiger partial charge is 0.495 e. The van der Waals surface area contributed by atoms with Crippen LogP contribution in [0.1, 0.15) is 25.7 Å². The van der Waals surface area contributed by atoms with Crippen LogP contribution < -0.4 is 19.5 Å². The Bertz CT molecular complexity index is 1120. The Hall–Kier alpha value is -2.48. The van der Waals surface area contributed by atoms with Crippen molar-refractivity contribution in [2.24, 2.45) is 5.92 Å². The Morgan fingerprint density at radius 2 is 1.71 bits per heavy atom. The second-order valence-corrected chi connectivity index (χ2v) is 8.97. The number of halogens is 2. The molecule has 7 nitrogen and oxygen atoms in total. The highest BCUT2D eigenvalue weighted by atomic mass is 35.5. The van der Waals surface area contributed by atoms with Crippen LogP contribution in [0.15, 0.2) is 24.4 Å². The summed E-state index contributed by atoms with van der Waals surface area (Å²) in [7, 11) is 4.90. The molecule has 1 aliphatic carbocycles. The predicted molar refractivity (Wildman–Crippen MR) is 136 cm³/mol. The summed E-state index contributed by atoms with van der Waals surface area (Å²) in [6.07, 6.45) is 6.70. The molecule has 0 unspecified atom stereocenters. The number of methoxy groups -OCH3 is 2. The number of nitrogens with one attached hydrogen (secondary N) is 1. The second-order valence-electron chi connectivity index (χ2n) is 8.21. The average molecular weight is 506 g/mol. The lowest BCUT2D eigenvalue weighted by Gasteiger charge is -2.16. The molecule has 1 N–H and O–H groups in total. The van der Waals surface area contributed by atoms with E-state index in [-0.39, 0.29) is 0 Å². The van der Waals surface area contributed by atoms with Crippen molar-refractivity contribution in [3.8, 4) is 28.6 Å². The van der Waals surface area contributed by atoms with Gasteiger partial charge in [0.15, 0.2) is 0 Å². The van der Waals surface area contributed by atoms with Crippen LogP contribution in [0.2, 0.25) is 10.0 Å². The maximum atomic E-state index is 6.59. The standard InChI is InChI=1S/C21H21Cl2N3O3.C4H8O/c1-24-17-7-13-12(9-25-17)6-14(26-21(13)29-10-11-4-5-11)18-19(22)15(27-2)8-16(28-3)20(18)23;1-2-4-5-3-1/h6-9,11H,4-5,10H2,1-3H3,(H,24,25);1-4H2. The minimum atomic E-state index is 0.359. The number of hydrogen-bond acceptors (Lipinski definition) is 7. The van der Waals surface area contributed by atoms with Crippen molar-refractivity contribution in [2.45, 2.75) is 25.7 Å². The van der Waals surface area contributed by atoms with Crippen molar-refractivity contribution >= 4 is 39.8 Å². The molecule has 0 bridgehead atoms. The molecule has 1 saturated heterocycles. The number of nitrogens with zero attached hydrogens (tertiary/aromatic N) is 2. The molecule has 9 heteroatoms. The zero-order valence-corrected chi connectivity index (χ0v) is 21.1. The Morgan fingerprint density at radius 1 is 1.03 bits per heavy atom. The van der Waals surface area contributed by atoms with Gasteiger partial charge >= 0.3 is 0 Å². The van der Waals surface area contributed by atoms with Crippen LogP contribution in [0, 0.1) is 5.92 Å². The van der Waals surface area contributed by atoms with E-state index in [1.807, 2.05) is 19.2 Å². The summed E-state index contributed by atoms with van der Waals surface area (Å²) in [5.41, 5.74) is 1.09. The van der Waals surface area contributed by atoms with Gasteiger partial charge < -0.3 is 24.3 Å². The van der Waals surface area contributed by atoms with E-state index < -0.39 is 0 Å². The van der Waals surface area contributed by atoms with E-state index in [1.54, 1.807) is 26.5 Å². The summed E-state index contributed by atoms with van der Waals surface area (Å²) in [6, 6.07) is 5.46. The molecule has 0 radical (unpaired) electrons. The third-order valence-electron chi connectivity index (χ3n) is 5.75. The summed E-state index contributed by atoms with van der Waals surface area (Å²) in [6.45, 7) is 2.63. The number of ether oxygens (including phenoxy) is 4. The third kappa shape index (κ3) is 5.59. The lowest BCUT2D eigenvalue weighted by atomic mass is 10.1. The second kappa shape index (κ2) is 11.3. The molecule has 1 saturated carbocycles. The van der Waals surface area contributed by atoms with Crippen molar-refractivity contribution in [3.05, 3.63) is 34.4 Å². The topological polar surface area (TPSA) is 74.7 Å². The summed E-state index contributed by atoms with van der Waals surface area (Å²) in [5, 5.41) is 5.51. The van der Waals surface area contributed by atoms with Gasteiger partial charge in [0.25, 0.3) is 0 Å².